The number of hydrogen-bond donors (Lipinski definition) is 2. The Labute approximate surface area is 101 Å². The summed E-state index contributed by atoms with van der Waals surface area (Å²) >= 11 is 0. The number of alkyl carbamates (subject to hydrolysis) is 1. The zero-order valence-corrected chi connectivity index (χ0v) is 10.7. The Bertz CT molecular complexity index is 298. The smallest absolute Gasteiger partial charge is 0.407 e. The van der Waals surface area contributed by atoms with Crippen LogP contribution in [0.25, 0.3) is 0 Å². The molecular weight excluding hydrogens is 224 g/mol. The van der Waals surface area contributed by atoms with Crippen molar-refractivity contribution in [2.45, 2.75) is 44.9 Å². The fourth-order valence-electron chi connectivity index (χ4n) is 1.33. The maximum atomic E-state index is 11.4. The molecule has 0 heterocycles. The van der Waals surface area contributed by atoms with Crippen LogP contribution in [0.1, 0.15) is 27.2 Å². The average Bonchev–Trinajstić information content (AvgIpc) is 2.89. The minimum absolute atomic E-state index is 0.0366. The maximum Gasteiger partial charge on any atom is 0.407 e. The normalized spacial score (nSPS) is 22.8. The lowest BCUT2D eigenvalue weighted by Crippen LogP contribution is -2.37. The van der Waals surface area contributed by atoms with Crippen molar-refractivity contribution in [2.75, 3.05) is 13.7 Å². The topological polar surface area (TPSA) is 76.7 Å². The van der Waals surface area contributed by atoms with Gasteiger partial charge in [-0.25, -0.2) is 4.79 Å². The molecule has 1 fully saturated rings. The molecule has 1 aliphatic carbocycles. The van der Waals surface area contributed by atoms with Gasteiger partial charge >= 0.3 is 12.1 Å². The first-order chi connectivity index (χ1) is 7.81. The van der Waals surface area contributed by atoms with Crippen LogP contribution >= 0.6 is 0 Å². The molecule has 0 aliphatic heterocycles. The minimum Gasteiger partial charge on any atom is -0.468 e. The third kappa shape index (κ3) is 5.53. The molecule has 2 N–H and O–H groups in total. The molecule has 0 spiro atoms. The van der Waals surface area contributed by atoms with Gasteiger partial charge in [0.05, 0.1) is 13.7 Å². The molecule has 17 heavy (non-hydrogen) atoms. The largest absolute Gasteiger partial charge is 0.468 e. The summed E-state index contributed by atoms with van der Waals surface area (Å²) in [6.45, 7) is 5.60. The van der Waals surface area contributed by atoms with E-state index in [9.17, 15) is 9.59 Å². The van der Waals surface area contributed by atoms with Crippen molar-refractivity contribution in [3.8, 4) is 0 Å². The molecule has 2 atom stereocenters. The summed E-state index contributed by atoms with van der Waals surface area (Å²) in [5, 5.41) is 5.71. The monoisotopic (exact) mass is 244 g/mol. The van der Waals surface area contributed by atoms with E-state index in [2.05, 4.69) is 15.4 Å². The van der Waals surface area contributed by atoms with E-state index < -0.39 is 11.7 Å². The zero-order valence-electron chi connectivity index (χ0n) is 10.7. The molecule has 0 radical (unpaired) electrons. The van der Waals surface area contributed by atoms with E-state index in [1.807, 2.05) is 20.8 Å². The van der Waals surface area contributed by atoms with E-state index in [4.69, 9.17) is 4.74 Å². The summed E-state index contributed by atoms with van der Waals surface area (Å²) in [5.41, 5.74) is -0.492. The van der Waals surface area contributed by atoms with Crippen molar-refractivity contribution < 1.29 is 19.1 Å². The number of hydrogen-bond acceptors (Lipinski definition) is 5. The predicted molar refractivity (Wildman–Crippen MR) is 61.6 cm³/mol. The highest BCUT2D eigenvalue weighted by Gasteiger charge is 2.39. The van der Waals surface area contributed by atoms with Gasteiger partial charge in [0, 0.05) is 12.1 Å². The second kappa shape index (κ2) is 5.35. The molecule has 0 aromatic heterocycles. The predicted octanol–water partition coefficient (Wildman–Crippen LogP) is 0.415. The first-order valence-electron chi connectivity index (χ1n) is 5.61. The van der Waals surface area contributed by atoms with Gasteiger partial charge < -0.3 is 20.1 Å². The van der Waals surface area contributed by atoms with Gasteiger partial charge in [0.1, 0.15) is 5.60 Å². The molecular formula is C11H20N2O4. The van der Waals surface area contributed by atoms with Gasteiger partial charge in [0.15, 0.2) is 0 Å². The summed E-state index contributed by atoms with van der Waals surface area (Å²) < 4.78 is 9.61. The molecule has 6 nitrogen and oxygen atoms in total. The summed E-state index contributed by atoms with van der Waals surface area (Å²) in [7, 11) is 1.34. The minimum atomic E-state index is -0.492. The van der Waals surface area contributed by atoms with E-state index in [0.29, 0.717) is 0 Å². The SMILES string of the molecule is COC(=O)CN[C@H]1C[C@@H]1NC(=O)OC(C)(C)C. The Morgan fingerprint density at radius 2 is 1.94 bits per heavy atom. The van der Waals surface area contributed by atoms with Gasteiger partial charge in [-0.05, 0) is 27.2 Å². The summed E-state index contributed by atoms with van der Waals surface area (Å²) in [5.74, 6) is -0.312. The molecule has 1 saturated carbocycles. The first-order valence-corrected chi connectivity index (χ1v) is 5.61. The molecule has 0 aromatic carbocycles. The average molecular weight is 244 g/mol. The second-order valence-corrected chi connectivity index (χ2v) is 5.05. The number of methoxy groups -OCH3 is 1. The third-order valence-electron chi connectivity index (χ3n) is 2.23. The Kier molecular flexibility index (Phi) is 4.34. The lowest BCUT2D eigenvalue weighted by atomic mass is 10.2. The lowest BCUT2D eigenvalue weighted by Gasteiger charge is -2.19. The molecule has 98 valence electrons. The molecule has 0 unspecified atom stereocenters. The number of rotatable bonds is 4. The van der Waals surface area contributed by atoms with Crippen molar-refractivity contribution in [3.05, 3.63) is 0 Å². The van der Waals surface area contributed by atoms with Crippen molar-refractivity contribution in [1.29, 1.82) is 0 Å². The van der Waals surface area contributed by atoms with Crippen LogP contribution in [0.3, 0.4) is 0 Å². The van der Waals surface area contributed by atoms with Crippen molar-refractivity contribution in [3.63, 3.8) is 0 Å². The van der Waals surface area contributed by atoms with E-state index in [1.54, 1.807) is 0 Å². The van der Waals surface area contributed by atoms with Crippen LogP contribution in [0.15, 0.2) is 0 Å². The Hall–Kier alpha value is -1.30. The fourth-order valence-corrected chi connectivity index (χ4v) is 1.33. The van der Waals surface area contributed by atoms with Crippen LogP contribution in [0, 0.1) is 0 Å². The highest BCUT2D eigenvalue weighted by atomic mass is 16.6. The molecule has 0 saturated heterocycles. The molecule has 1 amide bonds. The number of amides is 1. The molecule has 0 aromatic rings. The number of ether oxygens (including phenoxy) is 2. The standard InChI is InChI=1S/C11H20N2O4/c1-11(2,3)17-10(15)13-8-5-7(8)12-6-9(14)16-4/h7-8,12H,5-6H2,1-4H3,(H,13,15)/t7-,8-/m0/s1. The quantitative estimate of drug-likeness (QED) is 0.701. The molecule has 1 rings (SSSR count). The van der Waals surface area contributed by atoms with Gasteiger partial charge in [-0.2, -0.15) is 0 Å². The maximum absolute atomic E-state index is 11.4. The van der Waals surface area contributed by atoms with Crippen molar-refractivity contribution >= 4 is 12.1 Å². The molecule has 6 heteroatoms. The summed E-state index contributed by atoms with van der Waals surface area (Å²) in [4.78, 5) is 22.3. The highest BCUT2D eigenvalue weighted by Crippen LogP contribution is 2.21. The fraction of sp³-hybridized carbons (Fsp3) is 0.818. The lowest BCUT2D eigenvalue weighted by molar-refractivity contribution is -0.139. The van der Waals surface area contributed by atoms with Crippen molar-refractivity contribution in [2.24, 2.45) is 0 Å². The van der Waals surface area contributed by atoms with Crippen LogP contribution < -0.4 is 10.6 Å². The molecule has 1 aliphatic rings. The molecule has 0 bridgehead atoms. The van der Waals surface area contributed by atoms with Gasteiger partial charge in [-0.3, -0.25) is 4.79 Å². The number of carbonyl (C=O) groups is 2. The van der Waals surface area contributed by atoms with Gasteiger partial charge in [-0.1, -0.05) is 0 Å². The van der Waals surface area contributed by atoms with E-state index >= 15 is 0 Å². The third-order valence-corrected chi connectivity index (χ3v) is 2.23. The van der Waals surface area contributed by atoms with E-state index in [-0.39, 0.29) is 24.6 Å². The van der Waals surface area contributed by atoms with Crippen LogP contribution in [0.4, 0.5) is 4.79 Å². The number of carbonyl (C=O) groups excluding carboxylic acids is 2. The summed E-state index contributed by atoms with van der Waals surface area (Å²) in [6, 6.07) is 0.163. The Morgan fingerprint density at radius 3 is 2.47 bits per heavy atom. The number of esters is 1. The van der Waals surface area contributed by atoms with Gasteiger partial charge in [0.25, 0.3) is 0 Å². The van der Waals surface area contributed by atoms with Gasteiger partial charge in [-0.15, -0.1) is 0 Å². The van der Waals surface area contributed by atoms with Crippen LogP contribution in [0.2, 0.25) is 0 Å². The van der Waals surface area contributed by atoms with E-state index in [1.165, 1.54) is 7.11 Å². The second-order valence-electron chi connectivity index (χ2n) is 5.05. The van der Waals surface area contributed by atoms with Crippen LogP contribution in [-0.4, -0.2) is 43.4 Å². The first kappa shape index (κ1) is 13.8. The number of nitrogens with one attached hydrogen (secondary N) is 2. The van der Waals surface area contributed by atoms with Crippen molar-refractivity contribution in [1.82, 2.24) is 10.6 Å². The van der Waals surface area contributed by atoms with Crippen LogP contribution in [0.5, 0.6) is 0 Å². The summed E-state index contributed by atoms with van der Waals surface area (Å²) in [6.07, 6.45) is 0.376. The van der Waals surface area contributed by atoms with Gasteiger partial charge in [0.2, 0.25) is 0 Å². The van der Waals surface area contributed by atoms with Crippen LogP contribution in [-0.2, 0) is 14.3 Å². The highest BCUT2D eigenvalue weighted by molar-refractivity contribution is 5.71. The zero-order chi connectivity index (χ0) is 13.1. The Balaban J connectivity index is 2.16. The van der Waals surface area contributed by atoms with E-state index in [0.717, 1.165) is 6.42 Å². The Morgan fingerprint density at radius 1 is 1.29 bits per heavy atom.